The van der Waals surface area contributed by atoms with Crippen LogP contribution in [0.5, 0.6) is 0 Å². The lowest BCUT2D eigenvalue weighted by molar-refractivity contribution is -0.123. The van der Waals surface area contributed by atoms with E-state index in [-0.39, 0.29) is 11.9 Å². The lowest BCUT2D eigenvalue weighted by Crippen LogP contribution is -2.45. The lowest BCUT2D eigenvalue weighted by atomic mass is 10.0. The van der Waals surface area contributed by atoms with Gasteiger partial charge in [-0.15, -0.1) is 0 Å². The summed E-state index contributed by atoms with van der Waals surface area (Å²) in [6.45, 7) is 6.41. The Hall–Kier alpha value is -0.570. The van der Waals surface area contributed by atoms with Crippen LogP contribution in [0, 0.1) is 11.8 Å². The summed E-state index contributed by atoms with van der Waals surface area (Å²) in [4.78, 5) is 11.7. The largest absolute Gasteiger partial charge is 0.352 e. The number of nitrogens with two attached hydrogens (primary N) is 1. The highest BCUT2D eigenvalue weighted by Gasteiger charge is 2.24. The first kappa shape index (κ1) is 12.5. The fraction of sp³-hybridized carbons (Fsp3) is 0.917. The molecule has 15 heavy (non-hydrogen) atoms. The van der Waals surface area contributed by atoms with Crippen LogP contribution in [0.25, 0.3) is 0 Å². The van der Waals surface area contributed by atoms with Gasteiger partial charge in [0.05, 0.1) is 6.04 Å². The van der Waals surface area contributed by atoms with Crippen LogP contribution in [-0.4, -0.2) is 18.0 Å². The Kier molecular flexibility index (Phi) is 4.58. The molecule has 0 bridgehead atoms. The van der Waals surface area contributed by atoms with Crippen LogP contribution in [0.15, 0.2) is 0 Å². The summed E-state index contributed by atoms with van der Waals surface area (Å²) in [5, 5.41) is 3.05. The van der Waals surface area contributed by atoms with E-state index in [9.17, 15) is 4.79 Å². The van der Waals surface area contributed by atoms with Gasteiger partial charge in [-0.1, -0.05) is 20.8 Å². The Morgan fingerprint density at radius 3 is 2.60 bits per heavy atom. The summed E-state index contributed by atoms with van der Waals surface area (Å²) < 4.78 is 0. The number of nitrogens with one attached hydrogen (secondary N) is 1. The minimum absolute atomic E-state index is 0.0304. The SMILES string of the molecule is CC(C)C[C@@H](N)C(=O)NC1CCC(C)C1. The average molecular weight is 212 g/mol. The fourth-order valence-corrected chi connectivity index (χ4v) is 2.26. The summed E-state index contributed by atoms with van der Waals surface area (Å²) in [5.41, 5.74) is 5.82. The molecule has 0 aromatic rings. The topological polar surface area (TPSA) is 55.1 Å². The van der Waals surface area contributed by atoms with E-state index in [0.29, 0.717) is 12.0 Å². The van der Waals surface area contributed by atoms with Crippen LogP contribution in [0.4, 0.5) is 0 Å². The highest BCUT2D eigenvalue weighted by Crippen LogP contribution is 2.24. The maximum Gasteiger partial charge on any atom is 0.237 e. The Balaban J connectivity index is 2.28. The summed E-state index contributed by atoms with van der Waals surface area (Å²) in [6, 6.07) is 0.0339. The molecule has 0 aliphatic heterocycles. The Morgan fingerprint density at radius 1 is 1.47 bits per heavy atom. The molecule has 3 atom stereocenters. The van der Waals surface area contributed by atoms with Gasteiger partial charge in [-0.25, -0.2) is 0 Å². The first-order chi connectivity index (χ1) is 6.99. The van der Waals surface area contributed by atoms with Gasteiger partial charge >= 0.3 is 0 Å². The van der Waals surface area contributed by atoms with Gasteiger partial charge < -0.3 is 11.1 Å². The van der Waals surface area contributed by atoms with E-state index in [1.807, 2.05) is 0 Å². The summed E-state index contributed by atoms with van der Waals surface area (Å²) >= 11 is 0. The molecule has 0 spiro atoms. The number of carbonyl (C=O) groups is 1. The minimum atomic E-state index is -0.332. The third-order valence-corrected chi connectivity index (χ3v) is 3.10. The monoisotopic (exact) mass is 212 g/mol. The molecule has 3 N–H and O–H groups in total. The van der Waals surface area contributed by atoms with Gasteiger partial charge in [-0.05, 0) is 37.5 Å². The Bertz CT molecular complexity index is 216. The second-order valence-electron chi connectivity index (χ2n) is 5.36. The van der Waals surface area contributed by atoms with Crippen molar-refractivity contribution < 1.29 is 4.79 Å². The zero-order valence-electron chi connectivity index (χ0n) is 10.1. The molecule has 1 amide bonds. The molecular weight excluding hydrogens is 188 g/mol. The van der Waals surface area contributed by atoms with Crippen molar-refractivity contribution in [3.63, 3.8) is 0 Å². The zero-order valence-corrected chi connectivity index (χ0v) is 10.1. The lowest BCUT2D eigenvalue weighted by Gasteiger charge is -2.18. The van der Waals surface area contributed by atoms with Gasteiger partial charge in [0.1, 0.15) is 0 Å². The molecule has 0 aromatic heterocycles. The first-order valence-electron chi connectivity index (χ1n) is 6.05. The molecule has 0 radical (unpaired) electrons. The number of hydrogen-bond donors (Lipinski definition) is 2. The zero-order chi connectivity index (χ0) is 11.4. The van der Waals surface area contributed by atoms with E-state index in [1.165, 1.54) is 6.42 Å². The minimum Gasteiger partial charge on any atom is -0.352 e. The van der Waals surface area contributed by atoms with Gasteiger partial charge in [0.25, 0.3) is 0 Å². The molecule has 1 aliphatic rings. The van der Waals surface area contributed by atoms with Crippen LogP contribution < -0.4 is 11.1 Å². The van der Waals surface area contributed by atoms with Crippen molar-refractivity contribution in [2.45, 2.75) is 58.5 Å². The van der Waals surface area contributed by atoms with Crippen LogP contribution in [0.2, 0.25) is 0 Å². The second kappa shape index (κ2) is 5.50. The van der Waals surface area contributed by atoms with E-state index in [2.05, 4.69) is 26.1 Å². The van der Waals surface area contributed by atoms with E-state index >= 15 is 0 Å². The van der Waals surface area contributed by atoms with Crippen molar-refractivity contribution in [3.8, 4) is 0 Å². The van der Waals surface area contributed by atoms with E-state index < -0.39 is 0 Å². The van der Waals surface area contributed by atoms with Crippen molar-refractivity contribution in [1.82, 2.24) is 5.32 Å². The molecule has 0 heterocycles. The average Bonchev–Trinajstić information content (AvgIpc) is 2.50. The molecule has 1 fully saturated rings. The molecular formula is C12H24N2O. The second-order valence-corrected chi connectivity index (χ2v) is 5.36. The Labute approximate surface area is 92.8 Å². The number of amides is 1. The van der Waals surface area contributed by atoms with E-state index in [1.54, 1.807) is 0 Å². The van der Waals surface area contributed by atoms with Gasteiger partial charge in [0, 0.05) is 6.04 Å². The number of carbonyl (C=O) groups excluding carboxylic acids is 1. The van der Waals surface area contributed by atoms with Gasteiger partial charge in [0.15, 0.2) is 0 Å². The van der Waals surface area contributed by atoms with Gasteiger partial charge in [0.2, 0.25) is 5.91 Å². The van der Waals surface area contributed by atoms with Crippen LogP contribution in [0.1, 0.15) is 46.5 Å². The highest BCUT2D eigenvalue weighted by atomic mass is 16.2. The maximum absolute atomic E-state index is 11.7. The molecule has 1 aliphatic carbocycles. The van der Waals surface area contributed by atoms with Crippen molar-refractivity contribution >= 4 is 5.91 Å². The van der Waals surface area contributed by atoms with Gasteiger partial charge in [-0.3, -0.25) is 4.79 Å². The first-order valence-corrected chi connectivity index (χ1v) is 6.05. The molecule has 0 aromatic carbocycles. The molecule has 2 unspecified atom stereocenters. The van der Waals surface area contributed by atoms with Crippen molar-refractivity contribution in [2.24, 2.45) is 17.6 Å². The third-order valence-electron chi connectivity index (χ3n) is 3.10. The van der Waals surface area contributed by atoms with E-state index in [4.69, 9.17) is 5.73 Å². The summed E-state index contributed by atoms with van der Waals surface area (Å²) in [6.07, 6.45) is 4.22. The summed E-state index contributed by atoms with van der Waals surface area (Å²) in [5.74, 6) is 1.26. The van der Waals surface area contributed by atoms with Gasteiger partial charge in [-0.2, -0.15) is 0 Å². The molecule has 88 valence electrons. The maximum atomic E-state index is 11.7. The molecule has 1 saturated carbocycles. The highest BCUT2D eigenvalue weighted by molar-refractivity contribution is 5.81. The number of rotatable bonds is 4. The summed E-state index contributed by atoms with van der Waals surface area (Å²) in [7, 11) is 0. The molecule has 3 nitrogen and oxygen atoms in total. The normalized spacial score (nSPS) is 28.1. The third kappa shape index (κ3) is 4.20. The predicted octanol–water partition coefficient (Wildman–Crippen LogP) is 1.66. The number of hydrogen-bond acceptors (Lipinski definition) is 2. The standard InChI is InChI=1S/C12H24N2O/c1-8(2)6-11(13)12(15)14-10-5-4-9(3)7-10/h8-11H,4-7,13H2,1-3H3,(H,14,15)/t9?,10?,11-/m1/s1. The fourth-order valence-electron chi connectivity index (χ4n) is 2.26. The van der Waals surface area contributed by atoms with E-state index in [0.717, 1.165) is 25.2 Å². The van der Waals surface area contributed by atoms with Crippen molar-refractivity contribution in [1.29, 1.82) is 0 Å². The van der Waals surface area contributed by atoms with Crippen molar-refractivity contribution in [2.75, 3.05) is 0 Å². The smallest absolute Gasteiger partial charge is 0.237 e. The van der Waals surface area contributed by atoms with Crippen molar-refractivity contribution in [3.05, 3.63) is 0 Å². The predicted molar refractivity (Wildman–Crippen MR) is 62.4 cm³/mol. The molecule has 0 saturated heterocycles. The van der Waals surface area contributed by atoms with Crippen LogP contribution >= 0.6 is 0 Å². The van der Waals surface area contributed by atoms with Crippen LogP contribution in [0.3, 0.4) is 0 Å². The Morgan fingerprint density at radius 2 is 2.13 bits per heavy atom. The quantitative estimate of drug-likeness (QED) is 0.744. The van der Waals surface area contributed by atoms with Crippen LogP contribution in [-0.2, 0) is 4.79 Å². The molecule has 1 rings (SSSR count). The molecule has 3 heteroatoms.